The smallest absolute Gasteiger partial charge is 0.161 e. The maximum Gasteiger partial charge on any atom is 0.161 e. The Morgan fingerprint density at radius 3 is 2.61 bits per heavy atom. The molecule has 1 fully saturated rings. The lowest BCUT2D eigenvalue weighted by atomic mass is 10.1. The summed E-state index contributed by atoms with van der Waals surface area (Å²) in [6, 6.07) is 15.4. The van der Waals surface area contributed by atoms with Crippen LogP contribution in [0.5, 0.6) is 0 Å². The second-order valence-electron chi connectivity index (χ2n) is 9.19. The molecule has 0 radical (unpaired) electrons. The molecule has 2 aromatic heterocycles. The number of benzene rings is 2. The molecule has 6 rings (SSSR count). The van der Waals surface area contributed by atoms with Gasteiger partial charge in [0.05, 0.1) is 23.5 Å². The minimum Gasteiger partial charge on any atom is -0.390 e. The summed E-state index contributed by atoms with van der Waals surface area (Å²) in [5.41, 5.74) is 6.46. The van der Waals surface area contributed by atoms with Gasteiger partial charge in [0.1, 0.15) is 5.82 Å². The van der Waals surface area contributed by atoms with Gasteiger partial charge in [-0.05, 0) is 61.6 Å². The number of likely N-dealkylation sites (N-methyl/N-ethyl adjacent to an activating group) is 1. The lowest BCUT2D eigenvalue weighted by molar-refractivity contribution is 0.114. The number of hydrogen-bond donors (Lipinski definition) is 1. The summed E-state index contributed by atoms with van der Waals surface area (Å²) in [7, 11) is 4.03. The molecule has 168 valence electrons. The topological polar surface area (TPSA) is 49.5 Å². The molecule has 2 aromatic carbocycles. The molecule has 0 unspecified atom stereocenters. The molecule has 7 heteroatoms. The quantitative estimate of drug-likeness (QED) is 0.463. The Bertz CT molecular complexity index is 1320. The maximum absolute atomic E-state index is 13.4. The van der Waals surface area contributed by atoms with Crippen LogP contribution in [0.25, 0.3) is 28.3 Å². The van der Waals surface area contributed by atoms with Gasteiger partial charge in [-0.3, -0.25) is 4.57 Å². The second kappa shape index (κ2) is 7.57. The molecule has 2 atom stereocenters. The zero-order valence-corrected chi connectivity index (χ0v) is 18.7. The van der Waals surface area contributed by atoms with Crippen molar-refractivity contribution in [1.29, 1.82) is 0 Å². The molecular weight excluding hydrogens is 417 g/mol. The lowest BCUT2D eigenvalue weighted by Crippen LogP contribution is -2.38. The minimum absolute atomic E-state index is 0.124. The normalized spacial score (nSPS) is 19.4. The van der Waals surface area contributed by atoms with Crippen LogP contribution in [-0.4, -0.2) is 63.5 Å². The minimum atomic E-state index is -0.367. The van der Waals surface area contributed by atoms with Crippen LogP contribution in [0.3, 0.4) is 0 Å². The van der Waals surface area contributed by atoms with E-state index in [1.807, 2.05) is 38.6 Å². The number of aromatic nitrogens is 3. The summed E-state index contributed by atoms with van der Waals surface area (Å²) < 4.78 is 17.8. The zero-order chi connectivity index (χ0) is 22.7. The molecule has 4 heterocycles. The van der Waals surface area contributed by atoms with Gasteiger partial charge in [0, 0.05) is 49.5 Å². The van der Waals surface area contributed by atoms with Crippen LogP contribution < -0.4 is 4.90 Å². The van der Waals surface area contributed by atoms with Crippen LogP contribution in [0, 0.1) is 5.82 Å². The number of aliphatic hydroxyl groups excluding tert-OH is 1. The maximum atomic E-state index is 13.4. The molecule has 0 amide bonds. The fourth-order valence-corrected chi connectivity index (χ4v) is 5.12. The number of aliphatic hydroxyl groups is 1. The molecule has 0 bridgehead atoms. The highest BCUT2D eigenvalue weighted by molar-refractivity contribution is 5.72. The number of fused-ring (bicyclic) bond motifs is 5. The van der Waals surface area contributed by atoms with Gasteiger partial charge in [-0.25, -0.2) is 9.37 Å². The van der Waals surface area contributed by atoms with Gasteiger partial charge in [0.15, 0.2) is 5.82 Å². The van der Waals surface area contributed by atoms with E-state index < -0.39 is 0 Å². The van der Waals surface area contributed by atoms with Gasteiger partial charge < -0.3 is 19.5 Å². The number of rotatable bonds is 3. The molecular formula is C26H26FN5O. The molecule has 0 spiro atoms. The third-order valence-corrected chi connectivity index (χ3v) is 6.89. The average Bonchev–Trinajstić information content (AvgIpc) is 3.51. The van der Waals surface area contributed by atoms with Crippen LogP contribution in [0.15, 0.2) is 67.1 Å². The molecule has 2 aliphatic rings. The fourth-order valence-electron chi connectivity index (χ4n) is 5.12. The monoisotopic (exact) mass is 443 g/mol. The van der Waals surface area contributed by atoms with Crippen molar-refractivity contribution in [3.05, 3.63) is 78.5 Å². The molecule has 0 saturated carbocycles. The average molecular weight is 444 g/mol. The molecule has 1 N–H and O–H groups in total. The Hall–Kier alpha value is -3.42. The predicted molar refractivity (Wildman–Crippen MR) is 127 cm³/mol. The van der Waals surface area contributed by atoms with Crippen LogP contribution in [-0.2, 0) is 6.54 Å². The standard InChI is InChI=1S/C26H26FN5O/c1-29(2)24-15-30(16-25(24)33)21-7-8-22-19(11-21)14-31-13-18(17-3-5-20(27)6-4-17)12-23(31)26-28-9-10-32(22)26/h3-13,24-25,33H,14-16H2,1-2H3/t24-,25-/m0/s1. The number of β-amino-alcohol motifs (C(OH)–C–C–N with tert-alkyl or cyclic N) is 1. The van der Waals surface area contributed by atoms with Gasteiger partial charge in [-0.2, -0.15) is 0 Å². The highest BCUT2D eigenvalue weighted by atomic mass is 19.1. The summed E-state index contributed by atoms with van der Waals surface area (Å²) in [5, 5.41) is 10.5. The predicted octanol–water partition coefficient (Wildman–Crippen LogP) is 3.62. The third-order valence-electron chi connectivity index (χ3n) is 6.89. The number of hydrogen-bond acceptors (Lipinski definition) is 4. The van der Waals surface area contributed by atoms with E-state index in [0.29, 0.717) is 13.1 Å². The number of halogens is 1. The first-order valence-corrected chi connectivity index (χ1v) is 11.2. The van der Waals surface area contributed by atoms with Crippen molar-refractivity contribution in [2.24, 2.45) is 0 Å². The molecule has 4 aromatic rings. The van der Waals surface area contributed by atoms with Crippen molar-refractivity contribution in [2.45, 2.75) is 18.7 Å². The van der Waals surface area contributed by atoms with Crippen molar-refractivity contribution < 1.29 is 9.50 Å². The molecule has 2 aliphatic heterocycles. The van der Waals surface area contributed by atoms with E-state index in [2.05, 4.69) is 54.4 Å². The Morgan fingerprint density at radius 1 is 1.03 bits per heavy atom. The Morgan fingerprint density at radius 2 is 1.85 bits per heavy atom. The number of anilines is 1. The van der Waals surface area contributed by atoms with Crippen LogP contribution >= 0.6 is 0 Å². The van der Waals surface area contributed by atoms with Crippen molar-refractivity contribution in [2.75, 3.05) is 32.1 Å². The lowest BCUT2D eigenvalue weighted by Gasteiger charge is -2.23. The van der Waals surface area contributed by atoms with Crippen molar-refractivity contribution in [1.82, 2.24) is 19.0 Å². The van der Waals surface area contributed by atoms with Crippen molar-refractivity contribution in [3.8, 4) is 28.3 Å². The van der Waals surface area contributed by atoms with E-state index in [1.54, 1.807) is 0 Å². The second-order valence-corrected chi connectivity index (χ2v) is 9.19. The Kier molecular flexibility index (Phi) is 4.64. The van der Waals surface area contributed by atoms with Gasteiger partial charge in [0.25, 0.3) is 0 Å². The van der Waals surface area contributed by atoms with Crippen molar-refractivity contribution in [3.63, 3.8) is 0 Å². The first-order valence-electron chi connectivity index (χ1n) is 11.2. The number of imidazole rings is 1. The zero-order valence-electron chi connectivity index (χ0n) is 18.7. The molecule has 1 saturated heterocycles. The van der Waals surface area contributed by atoms with E-state index >= 15 is 0 Å². The largest absolute Gasteiger partial charge is 0.390 e. The van der Waals surface area contributed by atoms with Gasteiger partial charge in [0.2, 0.25) is 0 Å². The van der Waals surface area contributed by atoms with Gasteiger partial charge in [-0.1, -0.05) is 12.1 Å². The van der Waals surface area contributed by atoms with E-state index in [-0.39, 0.29) is 18.0 Å². The van der Waals surface area contributed by atoms with E-state index in [0.717, 1.165) is 40.6 Å². The first kappa shape index (κ1) is 20.2. The molecule has 6 nitrogen and oxygen atoms in total. The Labute approximate surface area is 192 Å². The highest BCUT2D eigenvalue weighted by Gasteiger charge is 2.33. The van der Waals surface area contributed by atoms with Gasteiger partial charge >= 0.3 is 0 Å². The highest BCUT2D eigenvalue weighted by Crippen LogP contribution is 2.35. The van der Waals surface area contributed by atoms with E-state index in [4.69, 9.17) is 0 Å². The van der Waals surface area contributed by atoms with E-state index in [1.165, 1.54) is 17.7 Å². The summed E-state index contributed by atoms with van der Waals surface area (Å²) in [5.74, 6) is 0.652. The summed E-state index contributed by atoms with van der Waals surface area (Å²) in [4.78, 5) is 9.00. The Balaban J connectivity index is 1.40. The van der Waals surface area contributed by atoms with E-state index in [9.17, 15) is 9.50 Å². The number of nitrogens with zero attached hydrogens (tertiary/aromatic N) is 5. The molecule has 0 aliphatic carbocycles. The fraction of sp³-hybridized carbons (Fsp3) is 0.269. The first-order chi connectivity index (χ1) is 16.0. The van der Waals surface area contributed by atoms with Crippen LogP contribution in [0.1, 0.15) is 5.56 Å². The summed E-state index contributed by atoms with van der Waals surface area (Å²) in [6.07, 6.45) is 5.57. The summed E-state index contributed by atoms with van der Waals surface area (Å²) >= 11 is 0. The summed E-state index contributed by atoms with van der Waals surface area (Å²) in [6.45, 7) is 2.13. The van der Waals surface area contributed by atoms with Crippen LogP contribution in [0.4, 0.5) is 10.1 Å². The van der Waals surface area contributed by atoms with Crippen molar-refractivity contribution >= 4 is 5.69 Å². The van der Waals surface area contributed by atoms with Crippen LogP contribution in [0.2, 0.25) is 0 Å². The SMILES string of the molecule is CN(C)[C@H]1CN(c2ccc3c(c2)Cn2cc(-c4ccc(F)cc4)cc2-c2nccn2-3)C[C@@H]1O. The van der Waals surface area contributed by atoms with Gasteiger partial charge in [-0.15, -0.1) is 0 Å². The molecule has 33 heavy (non-hydrogen) atoms. The third kappa shape index (κ3) is 3.35.